The molecule has 3 aromatic rings. The number of hydrogen-bond donors (Lipinski definition) is 1. The van der Waals surface area contributed by atoms with Crippen LogP contribution in [-0.4, -0.2) is 35.9 Å². The Kier molecular flexibility index (Phi) is 3.49. The summed E-state index contributed by atoms with van der Waals surface area (Å²) in [6.45, 7) is 1.93. The van der Waals surface area contributed by atoms with E-state index in [2.05, 4.69) is 15.4 Å². The molecule has 0 saturated carbocycles. The molecule has 1 N–H and O–H groups in total. The van der Waals surface area contributed by atoms with Gasteiger partial charge in [0, 0.05) is 18.7 Å². The Bertz CT molecular complexity index is 958. The van der Waals surface area contributed by atoms with Crippen LogP contribution < -0.4 is 5.56 Å². The van der Waals surface area contributed by atoms with E-state index in [1.54, 1.807) is 30.1 Å². The third kappa shape index (κ3) is 2.61. The molecule has 0 amide bonds. The third-order valence-electron chi connectivity index (χ3n) is 3.48. The summed E-state index contributed by atoms with van der Waals surface area (Å²) in [5.41, 5.74) is 2.46. The highest BCUT2D eigenvalue weighted by Gasteiger charge is 2.12. The molecule has 0 aliphatic heterocycles. The van der Waals surface area contributed by atoms with E-state index in [0.717, 1.165) is 21.5 Å². The first kappa shape index (κ1) is 14.6. The molecule has 0 atom stereocenters. The molecule has 2 heterocycles. The molecule has 0 fully saturated rings. The predicted octanol–water partition coefficient (Wildman–Crippen LogP) is 1.03. The van der Waals surface area contributed by atoms with Crippen LogP contribution in [0, 0.1) is 6.92 Å². The Morgan fingerprint density at radius 2 is 2.00 bits per heavy atom. The van der Waals surface area contributed by atoms with Crippen molar-refractivity contribution < 1.29 is 9.90 Å². The lowest BCUT2D eigenvalue weighted by Crippen LogP contribution is -2.22. The van der Waals surface area contributed by atoms with Crippen LogP contribution in [0.15, 0.2) is 41.3 Å². The number of benzene rings is 1. The first-order valence-corrected chi connectivity index (χ1v) is 6.77. The fraction of sp³-hybridized carbons (Fsp3) is 0.133. The van der Waals surface area contributed by atoms with E-state index in [4.69, 9.17) is 5.11 Å². The topological polar surface area (TPSA) is 103 Å². The van der Waals surface area contributed by atoms with E-state index in [-0.39, 0.29) is 5.69 Å². The lowest BCUT2D eigenvalue weighted by molar-refractivity contribution is 0.0688. The Balaban J connectivity index is 2.19. The van der Waals surface area contributed by atoms with Gasteiger partial charge in [-0.3, -0.25) is 4.79 Å². The summed E-state index contributed by atoms with van der Waals surface area (Å²) in [6, 6.07) is 7.67. The minimum Gasteiger partial charge on any atom is -0.476 e. The molecule has 116 valence electrons. The number of aryl methyl sites for hydroxylation is 2. The van der Waals surface area contributed by atoms with Gasteiger partial charge in [0.05, 0.1) is 17.6 Å². The van der Waals surface area contributed by atoms with E-state index in [0.29, 0.717) is 5.69 Å². The van der Waals surface area contributed by atoms with Crippen LogP contribution in [-0.2, 0) is 7.05 Å². The lowest BCUT2D eigenvalue weighted by atomic mass is 10.1. The summed E-state index contributed by atoms with van der Waals surface area (Å²) in [4.78, 5) is 23.1. The first-order chi connectivity index (χ1) is 11.0. The van der Waals surface area contributed by atoms with Crippen molar-refractivity contribution in [2.24, 2.45) is 7.05 Å². The Labute approximate surface area is 130 Å². The number of aromatic nitrogens is 5. The molecule has 0 aliphatic rings. The van der Waals surface area contributed by atoms with Gasteiger partial charge in [-0.05, 0) is 30.7 Å². The van der Waals surface area contributed by atoms with Gasteiger partial charge in [0.1, 0.15) is 0 Å². The van der Waals surface area contributed by atoms with E-state index >= 15 is 0 Å². The molecule has 0 bridgehead atoms. The number of hydrogen-bond acceptors (Lipinski definition) is 5. The molecule has 0 unspecified atom stereocenters. The molecule has 3 rings (SSSR count). The van der Waals surface area contributed by atoms with Crippen molar-refractivity contribution >= 4 is 5.97 Å². The molecule has 0 saturated heterocycles. The zero-order chi connectivity index (χ0) is 16.6. The maximum absolute atomic E-state index is 12.0. The first-order valence-electron chi connectivity index (χ1n) is 6.77. The Hall–Kier alpha value is -3.29. The highest BCUT2D eigenvalue weighted by atomic mass is 16.4. The maximum atomic E-state index is 12.0. The number of rotatable bonds is 3. The van der Waals surface area contributed by atoms with E-state index < -0.39 is 11.5 Å². The fourth-order valence-corrected chi connectivity index (χ4v) is 2.26. The predicted molar refractivity (Wildman–Crippen MR) is 81.5 cm³/mol. The second-order valence-electron chi connectivity index (χ2n) is 5.02. The van der Waals surface area contributed by atoms with E-state index in [9.17, 15) is 9.59 Å². The number of carbonyl (C=O) groups is 1. The zero-order valence-electron chi connectivity index (χ0n) is 12.5. The molecular weight excluding hydrogens is 298 g/mol. The zero-order valence-corrected chi connectivity index (χ0v) is 12.5. The molecular formula is C15H13N5O3. The standard InChI is InChI=1S/C15H13N5O3/c1-9-3-4-10(7-11(9)13-8-16-18-19(13)2)20-14(21)6-5-12(17-20)15(22)23/h3-8H,1-2H3,(H,22,23). The summed E-state index contributed by atoms with van der Waals surface area (Å²) in [6.07, 6.45) is 1.62. The van der Waals surface area contributed by atoms with Gasteiger partial charge in [0.25, 0.3) is 5.56 Å². The quantitative estimate of drug-likeness (QED) is 0.775. The van der Waals surface area contributed by atoms with Gasteiger partial charge < -0.3 is 5.11 Å². The van der Waals surface area contributed by atoms with Gasteiger partial charge in [-0.25, -0.2) is 9.48 Å². The normalized spacial score (nSPS) is 10.7. The second kappa shape index (κ2) is 5.48. The average molecular weight is 311 g/mol. The van der Waals surface area contributed by atoms with Crippen molar-refractivity contribution in [1.82, 2.24) is 24.8 Å². The molecule has 8 heteroatoms. The van der Waals surface area contributed by atoms with Gasteiger partial charge in [0.15, 0.2) is 5.69 Å². The molecule has 1 aromatic carbocycles. The van der Waals surface area contributed by atoms with Crippen LogP contribution in [0.1, 0.15) is 16.1 Å². The van der Waals surface area contributed by atoms with Gasteiger partial charge in [-0.15, -0.1) is 5.10 Å². The Morgan fingerprint density at radius 3 is 2.65 bits per heavy atom. The second-order valence-corrected chi connectivity index (χ2v) is 5.02. The number of aromatic carboxylic acids is 1. The van der Waals surface area contributed by atoms with Crippen LogP contribution in [0.25, 0.3) is 16.9 Å². The van der Waals surface area contributed by atoms with Crippen LogP contribution in [0.2, 0.25) is 0 Å². The molecule has 0 aliphatic carbocycles. The summed E-state index contributed by atoms with van der Waals surface area (Å²) in [7, 11) is 1.77. The van der Waals surface area contributed by atoms with Crippen LogP contribution >= 0.6 is 0 Å². The maximum Gasteiger partial charge on any atom is 0.356 e. The summed E-state index contributed by atoms with van der Waals surface area (Å²) < 4.78 is 2.69. The third-order valence-corrected chi connectivity index (χ3v) is 3.48. The molecule has 23 heavy (non-hydrogen) atoms. The minimum absolute atomic E-state index is 0.200. The number of nitrogens with zero attached hydrogens (tertiary/aromatic N) is 5. The molecule has 0 radical (unpaired) electrons. The average Bonchev–Trinajstić information content (AvgIpc) is 2.94. The van der Waals surface area contributed by atoms with Gasteiger partial charge in [0.2, 0.25) is 0 Å². The lowest BCUT2D eigenvalue weighted by Gasteiger charge is -2.10. The number of carboxylic acids is 1. The highest BCUT2D eigenvalue weighted by Crippen LogP contribution is 2.24. The van der Waals surface area contributed by atoms with Gasteiger partial charge >= 0.3 is 5.97 Å². The van der Waals surface area contributed by atoms with E-state index in [1.807, 2.05) is 13.0 Å². The van der Waals surface area contributed by atoms with Crippen molar-refractivity contribution in [3.05, 3.63) is 58.1 Å². The monoisotopic (exact) mass is 311 g/mol. The fourth-order valence-electron chi connectivity index (χ4n) is 2.26. The van der Waals surface area contributed by atoms with E-state index in [1.165, 1.54) is 12.1 Å². The largest absolute Gasteiger partial charge is 0.476 e. The van der Waals surface area contributed by atoms with Crippen molar-refractivity contribution in [3.8, 4) is 16.9 Å². The van der Waals surface area contributed by atoms with Crippen LogP contribution in [0.5, 0.6) is 0 Å². The van der Waals surface area contributed by atoms with Crippen molar-refractivity contribution in [2.75, 3.05) is 0 Å². The smallest absolute Gasteiger partial charge is 0.356 e. The summed E-state index contributed by atoms with van der Waals surface area (Å²) in [5, 5.41) is 20.7. The van der Waals surface area contributed by atoms with Crippen molar-refractivity contribution in [3.63, 3.8) is 0 Å². The summed E-state index contributed by atoms with van der Waals surface area (Å²) >= 11 is 0. The van der Waals surface area contributed by atoms with Crippen LogP contribution in [0.3, 0.4) is 0 Å². The molecule has 0 spiro atoms. The minimum atomic E-state index is -1.19. The van der Waals surface area contributed by atoms with Crippen molar-refractivity contribution in [2.45, 2.75) is 6.92 Å². The van der Waals surface area contributed by atoms with Crippen molar-refractivity contribution in [1.29, 1.82) is 0 Å². The molecule has 8 nitrogen and oxygen atoms in total. The summed E-state index contributed by atoms with van der Waals surface area (Å²) in [5.74, 6) is -1.19. The van der Waals surface area contributed by atoms with Gasteiger partial charge in [-0.2, -0.15) is 9.78 Å². The SMILES string of the molecule is Cc1ccc(-n2nc(C(=O)O)ccc2=O)cc1-c1cnnn1C. The highest BCUT2D eigenvalue weighted by molar-refractivity contribution is 5.85. The Morgan fingerprint density at radius 1 is 1.22 bits per heavy atom. The molecule has 2 aromatic heterocycles. The number of carboxylic acid groups (broad SMARTS) is 1. The van der Waals surface area contributed by atoms with Gasteiger partial charge in [-0.1, -0.05) is 11.3 Å². The van der Waals surface area contributed by atoms with Crippen LogP contribution in [0.4, 0.5) is 0 Å².